The third kappa shape index (κ3) is 4.61. The Kier molecular flexibility index (Phi) is 6.59. The highest BCUT2D eigenvalue weighted by atomic mass is 16.5. The van der Waals surface area contributed by atoms with E-state index in [2.05, 4.69) is 20.9 Å². The number of methoxy groups -OCH3 is 2. The molecule has 0 atom stereocenters. The van der Waals surface area contributed by atoms with Gasteiger partial charge in [0.1, 0.15) is 17.8 Å². The van der Waals surface area contributed by atoms with E-state index in [4.69, 9.17) is 21.6 Å². The second kappa shape index (κ2) is 9.92. The molecular weight excluding hydrogens is 432 g/mol. The predicted molar refractivity (Wildman–Crippen MR) is 131 cm³/mol. The maximum atomic E-state index is 13.0. The zero-order chi connectivity index (χ0) is 24.1. The van der Waals surface area contributed by atoms with Crippen molar-refractivity contribution >= 4 is 28.6 Å². The first kappa shape index (κ1) is 22.6. The minimum absolute atomic E-state index is 0.262. The number of terminal acetylenes is 1. The fraction of sp³-hybridized carbons (Fsp3) is 0.200. The van der Waals surface area contributed by atoms with Crippen LogP contribution in [0.3, 0.4) is 0 Å². The van der Waals surface area contributed by atoms with Crippen molar-refractivity contribution in [1.29, 1.82) is 0 Å². The molecule has 1 amide bonds. The molecule has 2 aromatic heterocycles. The second-order valence-corrected chi connectivity index (χ2v) is 7.48. The third-order valence-corrected chi connectivity index (χ3v) is 5.30. The van der Waals surface area contributed by atoms with Gasteiger partial charge >= 0.3 is 6.03 Å². The second-order valence-electron chi connectivity index (χ2n) is 7.48. The first-order chi connectivity index (χ1) is 16.5. The number of fused-ring (bicyclic) bond motifs is 1. The number of ether oxygens (including phenoxy) is 2. The van der Waals surface area contributed by atoms with Crippen LogP contribution in [0.2, 0.25) is 0 Å². The molecule has 0 spiro atoms. The number of anilines is 2. The van der Waals surface area contributed by atoms with E-state index in [1.165, 1.54) is 22.0 Å². The molecule has 0 unspecified atom stereocenters. The number of carbonyl (C=O) groups excluding carboxylic acids is 1. The number of nitrogen functional groups attached to an aromatic ring is 1. The molecule has 9 heteroatoms. The predicted octanol–water partition coefficient (Wildman–Crippen LogP) is 3.98. The molecule has 0 aliphatic rings. The standard InChI is InChI=1S/C25H24N6O3/c1-4-5-6-8-31(25(32)30-9-7-27-16-30)24-28-15-18-12-21(22(26)14-23(18)29-24)17-10-19(33-2)13-20(11-17)34-3/h1,7,9-16H,5-6,8,26H2,2-3H3. The number of carbonyl (C=O) groups is 1. The topological polar surface area (TPSA) is 108 Å². The molecule has 0 aliphatic heterocycles. The Morgan fingerprint density at radius 3 is 2.59 bits per heavy atom. The van der Waals surface area contributed by atoms with Crippen molar-refractivity contribution in [3.63, 3.8) is 0 Å². The minimum atomic E-state index is -0.318. The van der Waals surface area contributed by atoms with Gasteiger partial charge in [-0.25, -0.2) is 19.7 Å². The normalized spacial score (nSPS) is 10.6. The molecule has 0 saturated carbocycles. The van der Waals surface area contributed by atoms with Gasteiger partial charge in [-0.15, -0.1) is 12.3 Å². The van der Waals surface area contributed by atoms with Crippen molar-refractivity contribution in [3.05, 3.63) is 55.2 Å². The molecule has 172 valence electrons. The first-order valence-corrected chi connectivity index (χ1v) is 10.6. The highest BCUT2D eigenvalue weighted by Crippen LogP contribution is 2.35. The summed E-state index contributed by atoms with van der Waals surface area (Å²) < 4.78 is 12.1. The lowest BCUT2D eigenvalue weighted by atomic mass is 10.0. The van der Waals surface area contributed by atoms with Gasteiger partial charge in [-0.05, 0) is 36.2 Å². The summed E-state index contributed by atoms with van der Waals surface area (Å²) in [5, 5.41) is 0.772. The molecule has 0 fully saturated rings. The smallest absolute Gasteiger partial charge is 0.336 e. The van der Waals surface area contributed by atoms with Crippen LogP contribution in [-0.4, -0.2) is 46.3 Å². The van der Waals surface area contributed by atoms with Crippen molar-refractivity contribution < 1.29 is 14.3 Å². The number of imidazole rings is 1. The fourth-order valence-corrected chi connectivity index (χ4v) is 3.56. The van der Waals surface area contributed by atoms with Gasteiger partial charge in [-0.1, -0.05) is 0 Å². The number of amides is 1. The van der Waals surface area contributed by atoms with E-state index in [1.807, 2.05) is 18.2 Å². The average Bonchev–Trinajstić information content (AvgIpc) is 3.40. The van der Waals surface area contributed by atoms with Crippen LogP contribution in [0.5, 0.6) is 11.5 Å². The summed E-state index contributed by atoms with van der Waals surface area (Å²) in [6.07, 6.45) is 12.7. The Balaban J connectivity index is 1.74. The summed E-state index contributed by atoms with van der Waals surface area (Å²) in [4.78, 5) is 27.6. The molecule has 0 bridgehead atoms. The van der Waals surface area contributed by atoms with E-state index in [0.29, 0.717) is 42.1 Å². The van der Waals surface area contributed by atoms with Crippen molar-refractivity contribution in [3.8, 4) is 35.0 Å². The van der Waals surface area contributed by atoms with Crippen LogP contribution >= 0.6 is 0 Å². The Hall–Kier alpha value is -4.58. The van der Waals surface area contributed by atoms with E-state index in [0.717, 1.165) is 16.5 Å². The first-order valence-electron chi connectivity index (χ1n) is 10.6. The molecule has 9 nitrogen and oxygen atoms in total. The fourth-order valence-electron chi connectivity index (χ4n) is 3.56. The average molecular weight is 457 g/mol. The van der Waals surface area contributed by atoms with Crippen LogP contribution in [0.15, 0.2) is 55.2 Å². The monoisotopic (exact) mass is 456 g/mol. The summed E-state index contributed by atoms with van der Waals surface area (Å²) in [7, 11) is 3.19. The zero-order valence-electron chi connectivity index (χ0n) is 18.9. The maximum Gasteiger partial charge on any atom is 0.336 e. The molecule has 34 heavy (non-hydrogen) atoms. The maximum absolute atomic E-state index is 13.0. The molecule has 0 saturated heterocycles. The largest absolute Gasteiger partial charge is 0.497 e. The van der Waals surface area contributed by atoms with Gasteiger partial charge in [0.2, 0.25) is 5.95 Å². The highest BCUT2D eigenvalue weighted by Gasteiger charge is 2.20. The van der Waals surface area contributed by atoms with Gasteiger partial charge in [0.15, 0.2) is 0 Å². The van der Waals surface area contributed by atoms with Crippen LogP contribution < -0.4 is 20.1 Å². The van der Waals surface area contributed by atoms with Gasteiger partial charge in [0.25, 0.3) is 0 Å². The number of hydrogen-bond acceptors (Lipinski definition) is 7. The number of unbranched alkanes of at least 4 members (excludes halogenated alkanes) is 1. The SMILES string of the molecule is C#CCCCN(C(=O)n1ccnc1)c1ncc2cc(-c3cc(OC)cc(OC)c3)c(N)cc2n1. The third-order valence-electron chi connectivity index (χ3n) is 5.30. The Bertz CT molecular complexity index is 1340. The van der Waals surface area contributed by atoms with Crippen LogP contribution in [0, 0.1) is 12.3 Å². The minimum Gasteiger partial charge on any atom is -0.497 e. The van der Waals surface area contributed by atoms with Crippen LogP contribution in [0.25, 0.3) is 22.0 Å². The Labute approximate surface area is 197 Å². The number of rotatable bonds is 7. The van der Waals surface area contributed by atoms with E-state index in [9.17, 15) is 4.79 Å². The van der Waals surface area contributed by atoms with Crippen molar-refractivity contribution in [1.82, 2.24) is 19.5 Å². The van der Waals surface area contributed by atoms with E-state index >= 15 is 0 Å². The summed E-state index contributed by atoms with van der Waals surface area (Å²) >= 11 is 0. The van der Waals surface area contributed by atoms with E-state index < -0.39 is 0 Å². The van der Waals surface area contributed by atoms with E-state index in [1.54, 1.807) is 38.7 Å². The lowest BCUT2D eigenvalue weighted by molar-refractivity contribution is 0.247. The molecule has 4 rings (SSSR count). The number of benzene rings is 2. The van der Waals surface area contributed by atoms with Gasteiger partial charge < -0.3 is 15.2 Å². The van der Waals surface area contributed by atoms with Crippen LogP contribution in [0.1, 0.15) is 12.8 Å². The number of nitrogens with zero attached hydrogens (tertiary/aromatic N) is 5. The zero-order valence-corrected chi connectivity index (χ0v) is 18.9. The molecule has 0 radical (unpaired) electrons. The quantitative estimate of drug-likeness (QED) is 0.254. The highest BCUT2D eigenvalue weighted by molar-refractivity contribution is 5.95. The summed E-state index contributed by atoms with van der Waals surface area (Å²) in [6.45, 7) is 0.365. The van der Waals surface area contributed by atoms with Gasteiger partial charge in [-0.2, -0.15) is 0 Å². The molecule has 0 aliphatic carbocycles. The Morgan fingerprint density at radius 1 is 1.18 bits per heavy atom. The summed E-state index contributed by atoms with van der Waals surface area (Å²) in [5.41, 5.74) is 9.17. The number of nitrogens with two attached hydrogens (primary N) is 1. The van der Waals surface area contributed by atoms with Gasteiger partial charge in [0.05, 0.1) is 19.7 Å². The lowest BCUT2D eigenvalue weighted by Crippen LogP contribution is -2.36. The van der Waals surface area contributed by atoms with Gasteiger partial charge in [-0.3, -0.25) is 9.47 Å². The van der Waals surface area contributed by atoms with Gasteiger partial charge in [0, 0.05) is 54.3 Å². The summed E-state index contributed by atoms with van der Waals surface area (Å²) in [6, 6.07) is 8.91. The molecule has 4 aromatic rings. The number of hydrogen-bond donors (Lipinski definition) is 1. The van der Waals surface area contributed by atoms with Crippen molar-refractivity contribution in [2.24, 2.45) is 0 Å². The molecule has 2 aromatic carbocycles. The van der Waals surface area contributed by atoms with Crippen LogP contribution in [0.4, 0.5) is 16.4 Å². The summed E-state index contributed by atoms with van der Waals surface area (Å²) in [5.74, 6) is 4.16. The van der Waals surface area contributed by atoms with Crippen molar-refractivity contribution in [2.45, 2.75) is 12.8 Å². The van der Waals surface area contributed by atoms with E-state index in [-0.39, 0.29) is 12.0 Å². The number of aromatic nitrogens is 4. The molecular formula is C25H24N6O3. The Morgan fingerprint density at radius 2 is 1.94 bits per heavy atom. The van der Waals surface area contributed by atoms with Crippen LogP contribution in [-0.2, 0) is 0 Å². The molecule has 2 N–H and O–H groups in total. The molecule has 2 heterocycles. The lowest BCUT2D eigenvalue weighted by Gasteiger charge is -2.20. The van der Waals surface area contributed by atoms with Crippen molar-refractivity contribution in [2.75, 3.05) is 31.4 Å².